The molecule has 0 rings (SSSR count). The van der Waals surface area contributed by atoms with Gasteiger partial charge in [-0.15, -0.1) is 0 Å². The van der Waals surface area contributed by atoms with Gasteiger partial charge in [0, 0.05) is 6.42 Å². The van der Waals surface area contributed by atoms with E-state index in [0.29, 0.717) is 23.9 Å². The summed E-state index contributed by atoms with van der Waals surface area (Å²) in [6.07, 6.45) is 58.2. The van der Waals surface area contributed by atoms with Gasteiger partial charge in [0.1, 0.15) is 13.2 Å². The topological polar surface area (TPSA) is 108 Å². The van der Waals surface area contributed by atoms with Gasteiger partial charge in [-0.2, -0.15) is 0 Å². The predicted octanol–water partition coefficient (Wildman–Crippen LogP) is 16.4. The van der Waals surface area contributed by atoms with Crippen LogP contribution in [0.2, 0.25) is 0 Å². The molecule has 0 saturated carbocycles. The average Bonchev–Trinajstić information content (AvgIpc) is 3.26. The molecule has 3 atom stereocenters. The third-order valence-corrected chi connectivity index (χ3v) is 14.2. The van der Waals surface area contributed by atoms with Crippen LogP contribution >= 0.6 is 7.82 Å². The summed E-state index contributed by atoms with van der Waals surface area (Å²) in [6, 6.07) is -0.796. The second kappa shape index (κ2) is 48.3. The van der Waals surface area contributed by atoms with Gasteiger partial charge in [0.2, 0.25) is 5.91 Å². The highest BCUT2D eigenvalue weighted by molar-refractivity contribution is 7.45. The maximum atomic E-state index is 13.0. The number of aliphatic hydroxyl groups is 1. The number of hydrogen-bond donors (Lipinski definition) is 2. The summed E-state index contributed by atoms with van der Waals surface area (Å²) in [6.45, 7) is 4.75. The molecule has 9 heteroatoms. The zero-order valence-electron chi connectivity index (χ0n) is 44.2. The Labute approximate surface area is 405 Å². The number of allylic oxidation sites excluding steroid dienone is 2. The monoisotopic (exact) mass is 941 g/mol. The van der Waals surface area contributed by atoms with E-state index in [1.807, 2.05) is 21.1 Å². The molecular weight excluding hydrogens is 828 g/mol. The van der Waals surface area contributed by atoms with Gasteiger partial charge in [-0.25, -0.2) is 0 Å². The van der Waals surface area contributed by atoms with Gasteiger partial charge >= 0.3 is 0 Å². The summed E-state index contributed by atoms with van der Waals surface area (Å²) >= 11 is 0. The van der Waals surface area contributed by atoms with Crippen LogP contribution in [0.5, 0.6) is 0 Å². The molecule has 0 aromatic heterocycles. The van der Waals surface area contributed by atoms with Crippen LogP contribution in [0, 0.1) is 0 Å². The van der Waals surface area contributed by atoms with Crippen molar-refractivity contribution in [2.75, 3.05) is 40.9 Å². The Hall–Kier alpha value is -0.760. The van der Waals surface area contributed by atoms with E-state index < -0.39 is 20.0 Å². The molecule has 388 valence electrons. The van der Waals surface area contributed by atoms with E-state index in [4.69, 9.17) is 9.05 Å². The standard InChI is InChI=1S/C56H113N2O6P/c1-6-8-10-12-14-16-18-20-21-22-23-24-25-26-27-28-29-30-31-32-33-34-35-36-38-40-42-44-46-48-50-56(60)57-54(53-64-65(61,62)63-52-51-58(3,4)5)55(59)49-47-45-43-41-39-37-19-17-15-13-11-9-7-2/h26-27,54-55,59H,6-25,28-53H2,1-5H3,(H-,57,60,61,62)/b27-26-. The number of likely N-dealkylation sites (N-methyl/N-ethyl adjacent to an activating group) is 1. The van der Waals surface area contributed by atoms with Crippen LogP contribution in [0.25, 0.3) is 0 Å². The molecule has 65 heavy (non-hydrogen) atoms. The molecule has 0 saturated heterocycles. The average molecular weight is 942 g/mol. The number of nitrogens with one attached hydrogen (secondary N) is 1. The molecule has 3 unspecified atom stereocenters. The third-order valence-electron chi connectivity index (χ3n) is 13.3. The van der Waals surface area contributed by atoms with Gasteiger partial charge < -0.3 is 28.8 Å². The molecule has 2 N–H and O–H groups in total. The number of phosphoric acid groups is 1. The quantitative estimate of drug-likeness (QED) is 0.0272. The third kappa shape index (κ3) is 50.9. The number of quaternary nitrogens is 1. The minimum atomic E-state index is -4.56. The Morgan fingerprint density at radius 2 is 0.846 bits per heavy atom. The van der Waals surface area contributed by atoms with E-state index in [1.54, 1.807) is 0 Å². The predicted molar refractivity (Wildman–Crippen MR) is 279 cm³/mol. The van der Waals surface area contributed by atoms with Crippen molar-refractivity contribution in [2.45, 2.75) is 302 Å². The summed E-state index contributed by atoms with van der Waals surface area (Å²) in [4.78, 5) is 25.5. The minimum Gasteiger partial charge on any atom is -0.756 e. The zero-order chi connectivity index (χ0) is 47.8. The largest absolute Gasteiger partial charge is 0.756 e. The summed E-state index contributed by atoms with van der Waals surface area (Å²) < 4.78 is 23.4. The molecule has 0 aromatic rings. The van der Waals surface area contributed by atoms with Crippen LogP contribution < -0.4 is 10.2 Å². The van der Waals surface area contributed by atoms with E-state index in [0.717, 1.165) is 38.5 Å². The Morgan fingerprint density at radius 1 is 0.523 bits per heavy atom. The van der Waals surface area contributed by atoms with Gasteiger partial charge in [0.15, 0.2) is 0 Å². The molecule has 0 aliphatic carbocycles. The molecule has 8 nitrogen and oxygen atoms in total. The van der Waals surface area contributed by atoms with Crippen LogP contribution in [-0.2, 0) is 18.4 Å². The second-order valence-electron chi connectivity index (χ2n) is 21.0. The molecule has 1 amide bonds. The lowest BCUT2D eigenvalue weighted by Crippen LogP contribution is -2.46. The molecular formula is C56H113N2O6P. The van der Waals surface area contributed by atoms with Crippen LogP contribution in [0.15, 0.2) is 12.2 Å². The van der Waals surface area contributed by atoms with Crippen molar-refractivity contribution in [2.24, 2.45) is 0 Å². The van der Waals surface area contributed by atoms with Gasteiger partial charge in [-0.3, -0.25) is 9.36 Å². The van der Waals surface area contributed by atoms with Crippen LogP contribution in [0.3, 0.4) is 0 Å². The molecule has 0 fully saturated rings. The summed E-state index contributed by atoms with van der Waals surface area (Å²) in [5.74, 6) is -0.160. The number of unbranched alkanes of at least 4 members (excludes halogenated alkanes) is 38. The number of hydrogen-bond acceptors (Lipinski definition) is 6. The van der Waals surface area contributed by atoms with Crippen molar-refractivity contribution < 1.29 is 32.9 Å². The molecule has 0 aromatic carbocycles. The fourth-order valence-electron chi connectivity index (χ4n) is 8.74. The van der Waals surface area contributed by atoms with Crippen LogP contribution in [0.1, 0.15) is 290 Å². The molecule has 0 bridgehead atoms. The van der Waals surface area contributed by atoms with Crippen molar-refractivity contribution in [3.63, 3.8) is 0 Å². The van der Waals surface area contributed by atoms with Crippen molar-refractivity contribution in [1.82, 2.24) is 5.32 Å². The fraction of sp³-hybridized carbons (Fsp3) is 0.946. The lowest BCUT2D eigenvalue weighted by atomic mass is 10.0. The zero-order valence-corrected chi connectivity index (χ0v) is 45.1. The van der Waals surface area contributed by atoms with Gasteiger partial charge in [-0.05, 0) is 38.5 Å². The number of aliphatic hydroxyl groups excluding tert-OH is 1. The number of phosphoric ester groups is 1. The first-order chi connectivity index (χ1) is 31.5. The van der Waals surface area contributed by atoms with E-state index in [2.05, 4.69) is 31.3 Å². The van der Waals surface area contributed by atoms with E-state index in [-0.39, 0.29) is 19.1 Å². The fourth-order valence-corrected chi connectivity index (χ4v) is 9.47. The molecule has 0 radical (unpaired) electrons. The van der Waals surface area contributed by atoms with Crippen molar-refractivity contribution in [1.29, 1.82) is 0 Å². The highest BCUT2D eigenvalue weighted by Crippen LogP contribution is 2.38. The summed E-state index contributed by atoms with van der Waals surface area (Å²) in [5.41, 5.74) is 0. The molecule has 0 aliphatic heterocycles. The van der Waals surface area contributed by atoms with Gasteiger partial charge in [0.25, 0.3) is 7.82 Å². The lowest BCUT2D eigenvalue weighted by Gasteiger charge is -2.30. The van der Waals surface area contributed by atoms with Crippen molar-refractivity contribution in [3.8, 4) is 0 Å². The maximum absolute atomic E-state index is 13.0. The Morgan fingerprint density at radius 3 is 1.20 bits per heavy atom. The highest BCUT2D eigenvalue weighted by Gasteiger charge is 2.24. The first-order valence-electron chi connectivity index (χ1n) is 28.5. The highest BCUT2D eigenvalue weighted by atomic mass is 31.2. The van der Waals surface area contributed by atoms with Crippen molar-refractivity contribution in [3.05, 3.63) is 12.2 Å². The first kappa shape index (κ1) is 64.2. The number of amides is 1. The Kier molecular flexibility index (Phi) is 47.7. The Balaban J connectivity index is 4.01. The summed E-state index contributed by atoms with van der Waals surface area (Å²) in [5, 5.41) is 14.0. The number of rotatable bonds is 53. The van der Waals surface area contributed by atoms with Crippen molar-refractivity contribution >= 4 is 13.7 Å². The van der Waals surface area contributed by atoms with Crippen LogP contribution in [-0.4, -0.2) is 68.5 Å². The molecule has 0 spiro atoms. The number of carbonyl (C=O) groups excluding carboxylic acids is 1. The minimum absolute atomic E-state index is 0.0148. The maximum Gasteiger partial charge on any atom is 0.268 e. The summed E-state index contributed by atoms with van der Waals surface area (Å²) in [7, 11) is 1.32. The normalized spacial score (nSPS) is 14.0. The smallest absolute Gasteiger partial charge is 0.268 e. The number of carbonyl (C=O) groups is 1. The van der Waals surface area contributed by atoms with Crippen LogP contribution in [0.4, 0.5) is 0 Å². The SMILES string of the molecule is CCCCCCCCCCCCCC/C=C\CCCCCCCCCCCCCCCCC(=O)NC(COP(=O)([O-])OCC[N+](C)(C)C)C(O)CCCCCCCCCCCCCCC. The lowest BCUT2D eigenvalue weighted by molar-refractivity contribution is -0.870. The van der Waals surface area contributed by atoms with E-state index in [1.165, 1.54) is 225 Å². The first-order valence-corrected chi connectivity index (χ1v) is 30.0. The van der Waals surface area contributed by atoms with E-state index in [9.17, 15) is 19.4 Å². The number of nitrogens with zero attached hydrogens (tertiary/aromatic N) is 1. The van der Waals surface area contributed by atoms with Gasteiger partial charge in [0.05, 0.1) is 39.9 Å². The van der Waals surface area contributed by atoms with Gasteiger partial charge in [-0.1, -0.05) is 257 Å². The van der Waals surface area contributed by atoms with E-state index >= 15 is 0 Å². The second-order valence-corrected chi connectivity index (χ2v) is 22.4. The molecule has 0 heterocycles. The molecule has 0 aliphatic rings. The Bertz CT molecular complexity index is 1070.